The van der Waals surface area contributed by atoms with Crippen LogP contribution in [0.2, 0.25) is 0 Å². The lowest BCUT2D eigenvalue weighted by atomic mass is 9.88. The van der Waals surface area contributed by atoms with Gasteiger partial charge in [-0.2, -0.15) is 0 Å². The Kier molecular flexibility index (Phi) is 6.49. The van der Waals surface area contributed by atoms with Gasteiger partial charge in [-0.25, -0.2) is 0 Å². The molecule has 0 radical (unpaired) electrons. The molecule has 0 aromatic heterocycles. The Morgan fingerprint density at radius 3 is 2.27 bits per heavy atom. The highest BCUT2D eigenvalue weighted by Gasteiger charge is 2.30. The molecule has 0 heterocycles. The van der Waals surface area contributed by atoms with E-state index >= 15 is 0 Å². The second kappa shape index (κ2) is 6.51. The summed E-state index contributed by atoms with van der Waals surface area (Å²) in [5.74, 6) is 0.279. The van der Waals surface area contributed by atoms with Crippen LogP contribution in [0.1, 0.15) is 47.5 Å². The van der Waals surface area contributed by atoms with Crippen LogP contribution in [0.25, 0.3) is 0 Å². The standard InChI is InChI=1S/C12H24BrNO/c1-6-12(4,5)11(15)14(10(2)3)9-7-8-13/h10H,6-9H2,1-5H3. The first-order chi connectivity index (χ1) is 6.86. The molecule has 0 fully saturated rings. The summed E-state index contributed by atoms with van der Waals surface area (Å²) in [6.45, 7) is 11.1. The van der Waals surface area contributed by atoms with Crippen molar-refractivity contribution in [2.75, 3.05) is 11.9 Å². The fourth-order valence-corrected chi connectivity index (χ4v) is 1.62. The maximum Gasteiger partial charge on any atom is 0.228 e. The van der Waals surface area contributed by atoms with E-state index in [1.165, 1.54) is 0 Å². The molecule has 0 saturated heterocycles. The van der Waals surface area contributed by atoms with E-state index in [9.17, 15) is 4.79 Å². The number of carbonyl (C=O) groups excluding carboxylic acids is 1. The monoisotopic (exact) mass is 277 g/mol. The highest BCUT2D eigenvalue weighted by atomic mass is 79.9. The largest absolute Gasteiger partial charge is 0.340 e. The quantitative estimate of drug-likeness (QED) is 0.681. The zero-order valence-corrected chi connectivity index (χ0v) is 12.2. The van der Waals surface area contributed by atoms with Gasteiger partial charge in [-0.05, 0) is 26.7 Å². The van der Waals surface area contributed by atoms with E-state index in [0.29, 0.717) is 6.04 Å². The number of rotatable bonds is 6. The molecule has 0 N–H and O–H groups in total. The second-order valence-electron chi connectivity index (χ2n) is 4.87. The third kappa shape index (κ3) is 4.54. The van der Waals surface area contributed by atoms with Gasteiger partial charge < -0.3 is 4.90 Å². The van der Waals surface area contributed by atoms with Crippen molar-refractivity contribution in [1.29, 1.82) is 0 Å². The van der Waals surface area contributed by atoms with Gasteiger partial charge in [-0.1, -0.05) is 36.7 Å². The second-order valence-corrected chi connectivity index (χ2v) is 5.67. The molecule has 0 bridgehead atoms. The molecule has 0 unspecified atom stereocenters. The molecule has 0 saturated carbocycles. The summed E-state index contributed by atoms with van der Waals surface area (Å²) in [7, 11) is 0. The van der Waals surface area contributed by atoms with Gasteiger partial charge >= 0.3 is 0 Å². The van der Waals surface area contributed by atoms with E-state index in [-0.39, 0.29) is 11.3 Å². The number of hydrogen-bond donors (Lipinski definition) is 0. The van der Waals surface area contributed by atoms with Crippen molar-refractivity contribution < 1.29 is 4.79 Å². The minimum absolute atomic E-state index is 0.226. The molecule has 1 amide bonds. The minimum atomic E-state index is -0.226. The fourth-order valence-electron chi connectivity index (χ4n) is 1.36. The van der Waals surface area contributed by atoms with Crippen molar-refractivity contribution in [1.82, 2.24) is 4.90 Å². The smallest absolute Gasteiger partial charge is 0.228 e. The van der Waals surface area contributed by atoms with Crippen LogP contribution in [0.4, 0.5) is 0 Å². The molecule has 0 aromatic rings. The lowest BCUT2D eigenvalue weighted by Gasteiger charge is -2.34. The van der Waals surface area contributed by atoms with Crippen molar-refractivity contribution in [2.24, 2.45) is 5.41 Å². The molecule has 0 aliphatic heterocycles. The average Bonchev–Trinajstić information content (AvgIpc) is 2.17. The van der Waals surface area contributed by atoms with Crippen LogP contribution >= 0.6 is 15.9 Å². The summed E-state index contributed by atoms with van der Waals surface area (Å²) in [6.07, 6.45) is 1.91. The third-order valence-corrected chi connectivity index (χ3v) is 3.44. The zero-order chi connectivity index (χ0) is 12.1. The number of hydrogen-bond acceptors (Lipinski definition) is 1. The van der Waals surface area contributed by atoms with E-state index in [2.05, 4.69) is 36.7 Å². The average molecular weight is 278 g/mol. The van der Waals surface area contributed by atoms with E-state index in [0.717, 1.165) is 24.7 Å². The first-order valence-corrected chi connectivity index (χ1v) is 6.86. The Hall–Kier alpha value is -0.0500. The van der Waals surface area contributed by atoms with E-state index in [1.807, 2.05) is 18.7 Å². The molecule has 90 valence electrons. The molecular formula is C12H24BrNO. The molecule has 2 nitrogen and oxygen atoms in total. The SMILES string of the molecule is CCC(C)(C)C(=O)N(CCCBr)C(C)C. The Morgan fingerprint density at radius 2 is 1.93 bits per heavy atom. The van der Waals surface area contributed by atoms with E-state index in [1.54, 1.807) is 0 Å². The lowest BCUT2D eigenvalue weighted by molar-refractivity contribution is -0.142. The van der Waals surface area contributed by atoms with Crippen LogP contribution in [0.15, 0.2) is 0 Å². The molecule has 0 rings (SSSR count). The third-order valence-electron chi connectivity index (χ3n) is 2.88. The van der Waals surface area contributed by atoms with Gasteiger partial charge in [0.15, 0.2) is 0 Å². The number of halogens is 1. The van der Waals surface area contributed by atoms with Crippen LogP contribution < -0.4 is 0 Å². The van der Waals surface area contributed by atoms with Crippen molar-refractivity contribution in [3.63, 3.8) is 0 Å². The number of alkyl halides is 1. The first-order valence-electron chi connectivity index (χ1n) is 5.73. The van der Waals surface area contributed by atoms with Crippen LogP contribution in [-0.4, -0.2) is 28.7 Å². The molecule has 3 heteroatoms. The summed E-state index contributed by atoms with van der Waals surface area (Å²) in [6, 6.07) is 0.294. The topological polar surface area (TPSA) is 20.3 Å². The lowest BCUT2D eigenvalue weighted by Crippen LogP contribution is -2.45. The van der Waals surface area contributed by atoms with Crippen LogP contribution in [0.3, 0.4) is 0 Å². The molecule has 15 heavy (non-hydrogen) atoms. The maximum absolute atomic E-state index is 12.3. The Balaban J connectivity index is 4.55. The number of nitrogens with zero attached hydrogens (tertiary/aromatic N) is 1. The number of amides is 1. The maximum atomic E-state index is 12.3. The predicted molar refractivity (Wildman–Crippen MR) is 69.3 cm³/mol. The van der Waals surface area contributed by atoms with Gasteiger partial charge in [0.05, 0.1) is 0 Å². The van der Waals surface area contributed by atoms with Crippen LogP contribution in [0.5, 0.6) is 0 Å². The van der Waals surface area contributed by atoms with E-state index < -0.39 is 0 Å². The van der Waals surface area contributed by atoms with Gasteiger partial charge in [0.25, 0.3) is 0 Å². The van der Waals surface area contributed by atoms with Gasteiger partial charge in [0.1, 0.15) is 0 Å². The van der Waals surface area contributed by atoms with Crippen molar-refractivity contribution in [3.8, 4) is 0 Å². The zero-order valence-electron chi connectivity index (χ0n) is 10.6. The van der Waals surface area contributed by atoms with Crippen LogP contribution in [-0.2, 0) is 4.79 Å². The summed E-state index contributed by atoms with van der Waals surface area (Å²) >= 11 is 3.41. The van der Waals surface area contributed by atoms with Crippen molar-refractivity contribution >= 4 is 21.8 Å². The first kappa shape index (κ1) is 14.9. The summed E-state index contributed by atoms with van der Waals surface area (Å²) in [4.78, 5) is 14.2. The minimum Gasteiger partial charge on any atom is -0.340 e. The normalized spacial score (nSPS) is 11.9. The van der Waals surface area contributed by atoms with Crippen molar-refractivity contribution in [2.45, 2.75) is 53.5 Å². The number of carbonyl (C=O) groups is 1. The van der Waals surface area contributed by atoms with Crippen LogP contribution in [0, 0.1) is 5.41 Å². The summed E-state index contributed by atoms with van der Waals surface area (Å²) in [5, 5.41) is 0.954. The Morgan fingerprint density at radius 1 is 1.40 bits per heavy atom. The predicted octanol–water partition coefficient (Wildman–Crippen LogP) is 3.44. The van der Waals surface area contributed by atoms with E-state index in [4.69, 9.17) is 0 Å². The molecule has 0 aliphatic carbocycles. The molecular weight excluding hydrogens is 254 g/mol. The molecule has 0 aliphatic rings. The summed E-state index contributed by atoms with van der Waals surface area (Å²) < 4.78 is 0. The molecule has 0 spiro atoms. The molecule has 0 aromatic carbocycles. The van der Waals surface area contributed by atoms with Gasteiger partial charge in [0.2, 0.25) is 5.91 Å². The summed E-state index contributed by atoms with van der Waals surface area (Å²) in [5.41, 5.74) is -0.226. The highest BCUT2D eigenvalue weighted by Crippen LogP contribution is 2.24. The Labute approximate surface area is 103 Å². The molecule has 0 atom stereocenters. The van der Waals surface area contributed by atoms with Gasteiger partial charge in [0, 0.05) is 23.3 Å². The highest BCUT2D eigenvalue weighted by molar-refractivity contribution is 9.09. The van der Waals surface area contributed by atoms with Crippen molar-refractivity contribution in [3.05, 3.63) is 0 Å². The fraction of sp³-hybridized carbons (Fsp3) is 0.917. The Bertz CT molecular complexity index is 202. The van der Waals surface area contributed by atoms with Gasteiger partial charge in [-0.15, -0.1) is 0 Å². The van der Waals surface area contributed by atoms with Gasteiger partial charge in [-0.3, -0.25) is 4.79 Å².